The fourth-order valence-corrected chi connectivity index (χ4v) is 11.0. The molecule has 0 amide bonds. The minimum absolute atomic E-state index is 0.461. The number of fused-ring (bicyclic) bond motifs is 6. The number of rotatable bonds is 9. The predicted molar refractivity (Wildman–Crippen MR) is 287 cm³/mol. The Morgan fingerprint density at radius 2 is 0.638 bits per heavy atom. The summed E-state index contributed by atoms with van der Waals surface area (Å²) in [6.07, 6.45) is 0. The first-order valence-corrected chi connectivity index (χ1v) is 23.7. The summed E-state index contributed by atoms with van der Waals surface area (Å²) in [5.74, 6) is 0. The smallest absolute Gasteiger partial charge is 0.143 e. The Balaban J connectivity index is 0.888. The zero-order valence-corrected chi connectivity index (χ0v) is 37.8. The maximum Gasteiger partial charge on any atom is 0.143 e. The van der Waals surface area contributed by atoms with Crippen molar-refractivity contribution in [1.29, 1.82) is 0 Å². The van der Waals surface area contributed by atoms with E-state index in [1.807, 2.05) is 0 Å². The van der Waals surface area contributed by atoms with E-state index in [1.165, 1.54) is 44.5 Å². The van der Waals surface area contributed by atoms with E-state index in [-0.39, 0.29) is 0 Å². The van der Waals surface area contributed by atoms with Gasteiger partial charge in [-0.1, -0.05) is 237 Å². The molecule has 0 fully saturated rings. The van der Waals surface area contributed by atoms with Crippen molar-refractivity contribution in [2.24, 2.45) is 0 Å². The molecule has 0 atom stereocenters. The van der Waals surface area contributed by atoms with Crippen LogP contribution < -0.4 is 4.90 Å². The van der Waals surface area contributed by atoms with Gasteiger partial charge >= 0.3 is 0 Å². The number of hydrogen-bond acceptors (Lipinski definition) is 2. The van der Waals surface area contributed by atoms with Crippen LogP contribution in [0, 0.1) is 0 Å². The van der Waals surface area contributed by atoms with E-state index in [4.69, 9.17) is 4.42 Å². The maximum absolute atomic E-state index is 6.76. The molecule has 1 aliphatic carbocycles. The molecule has 0 N–H and O–H groups in total. The fraction of sp³-hybridized carbons (Fsp3) is 0.0149. The lowest BCUT2D eigenvalue weighted by molar-refractivity contribution is 0.671. The van der Waals surface area contributed by atoms with Gasteiger partial charge in [0.1, 0.15) is 11.2 Å². The molecule has 0 spiro atoms. The van der Waals surface area contributed by atoms with Crippen molar-refractivity contribution >= 4 is 39.0 Å². The number of benzene rings is 11. The van der Waals surface area contributed by atoms with Crippen molar-refractivity contribution in [3.63, 3.8) is 0 Å². The van der Waals surface area contributed by atoms with Gasteiger partial charge in [0.05, 0.1) is 5.41 Å². The summed E-state index contributed by atoms with van der Waals surface area (Å²) in [6.45, 7) is 0. The van der Waals surface area contributed by atoms with Crippen LogP contribution in [0.25, 0.3) is 77.6 Å². The van der Waals surface area contributed by atoms with Gasteiger partial charge in [0.25, 0.3) is 0 Å². The van der Waals surface area contributed by atoms with Gasteiger partial charge in [0.15, 0.2) is 0 Å². The minimum atomic E-state index is -0.461. The molecule has 1 heterocycles. The summed E-state index contributed by atoms with van der Waals surface area (Å²) >= 11 is 0. The van der Waals surface area contributed by atoms with Crippen molar-refractivity contribution < 1.29 is 4.42 Å². The van der Waals surface area contributed by atoms with Gasteiger partial charge in [-0.15, -0.1) is 0 Å². The molecule has 1 aliphatic rings. The second-order valence-electron chi connectivity index (χ2n) is 18.0. The summed E-state index contributed by atoms with van der Waals surface area (Å²) in [4.78, 5) is 2.40. The third kappa shape index (κ3) is 6.72. The average Bonchev–Trinajstić information content (AvgIpc) is 3.97. The maximum atomic E-state index is 6.76. The van der Waals surface area contributed by atoms with Crippen LogP contribution in [0.1, 0.15) is 22.3 Å². The first kappa shape index (κ1) is 40.3. The van der Waals surface area contributed by atoms with Crippen molar-refractivity contribution in [1.82, 2.24) is 0 Å². The Labute approximate surface area is 402 Å². The second kappa shape index (κ2) is 16.7. The molecule has 324 valence electrons. The van der Waals surface area contributed by atoms with E-state index < -0.39 is 5.41 Å². The van der Waals surface area contributed by atoms with Crippen LogP contribution in [0.3, 0.4) is 0 Å². The van der Waals surface area contributed by atoms with Crippen LogP contribution in [-0.4, -0.2) is 0 Å². The van der Waals surface area contributed by atoms with Crippen molar-refractivity contribution in [2.75, 3.05) is 4.90 Å². The molecule has 2 heteroatoms. The van der Waals surface area contributed by atoms with Crippen LogP contribution >= 0.6 is 0 Å². The predicted octanol–water partition coefficient (Wildman–Crippen LogP) is 18.1. The SMILES string of the molecule is c1ccc(-c2ccc(N(c3ccc(-c4ccc(-c5cccc6c5oc5c(-c7ccccc7)cccc56)cc4)cc3)c3ccc4c(c3)-c3ccccc3C4(c3ccccc3)c3ccccc3)cc2)cc1. The number of nitrogens with zero attached hydrogens (tertiary/aromatic N) is 1. The molecule has 12 aromatic rings. The highest BCUT2D eigenvalue weighted by molar-refractivity contribution is 6.13. The van der Waals surface area contributed by atoms with Gasteiger partial charge in [-0.05, 0) is 103 Å². The zero-order chi connectivity index (χ0) is 45.7. The van der Waals surface area contributed by atoms with Crippen LogP contribution in [0.2, 0.25) is 0 Å². The Morgan fingerprint density at radius 1 is 0.261 bits per heavy atom. The second-order valence-corrected chi connectivity index (χ2v) is 18.0. The highest BCUT2D eigenvalue weighted by Gasteiger charge is 2.46. The van der Waals surface area contributed by atoms with Crippen molar-refractivity contribution in [3.8, 4) is 55.6 Å². The first-order valence-electron chi connectivity index (χ1n) is 23.7. The van der Waals surface area contributed by atoms with Crippen LogP contribution in [0.5, 0.6) is 0 Å². The Kier molecular flexibility index (Phi) is 9.77. The van der Waals surface area contributed by atoms with E-state index in [9.17, 15) is 0 Å². The zero-order valence-electron chi connectivity index (χ0n) is 37.8. The number of hydrogen-bond donors (Lipinski definition) is 0. The molecule has 2 nitrogen and oxygen atoms in total. The molecular formula is C67H45NO. The summed E-state index contributed by atoms with van der Waals surface area (Å²) in [7, 11) is 0. The highest BCUT2D eigenvalue weighted by Crippen LogP contribution is 2.57. The largest absolute Gasteiger partial charge is 0.455 e. The van der Waals surface area contributed by atoms with Gasteiger partial charge < -0.3 is 9.32 Å². The molecule has 13 rings (SSSR count). The Hall–Kier alpha value is -8.98. The summed E-state index contributed by atoms with van der Waals surface area (Å²) in [5.41, 5.74) is 21.4. The summed E-state index contributed by atoms with van der Waals surface area (Å²) in [6, 6.07) is 99.0. The van der Waals surface area contributed by atoms with E-state index >= 15 is 0 Å². The van der Waals surface area contributed by atoms with E-state index in [1.54, 1.807) is 0 Å². The molecule has 0 bridgehead atoms. The number of furan rings is 1. The van der Waals surface area contributed by atoms with Crippen LogP contribution in [0.15, 0.2) is 277 Å². The summed E-state index contributed by atoms with van der Waals surface area (Å²) < 4.78 is 6.76. The lowest BCUT2D eigenvalue weighted by atomic mass is 9.68. The Morgan fingerprint density at radius 3 is 1.17 bits per heavy atom. The fourth-order valence-electron chi connectivity index (χ4n) is 11.0. The van der Waals surface area contributed by atoms with Gasteiger partial charge in [0.2, 0.25) is 0 Å². The molecule has 11 aromatic carbocycles. The minimum Gasteiger partial charge on any atom is -0.455 e. The molecular weight excluding hydrogens is 835 g/mol. The van der Waals surface area contributed by atoms with E-state index in [2.05, 4.69) is 278 Å². The van der Waals surface area contributed by atoms with Gasteiger partial charge in [-0.25, -0.2) is 0 Å². The van der Waals surface area contributed by atoms with Crippen LogP contribution in [0.4, 0.5) is 17.1 Å². The van der Waals surface area contributed by atoms with Crippen molar-refractivity contribution in [3.05, 3.63) is 295 Å². The highest BCUT2D eigenvalue weighted by atomic mass is 16.3. The van der Waals surface area contributed by atoms with E-state index in [0.717, 1.165) is 72.4 Å². The van der Waals surface area contributed by atoms with Gasteiger partial charge in [0, 0.05) is 39.0 Å². The lowest BCUT2D eigenvalue weighted by Crippen LogP contribution is -2.28. The average molecular weight is 880 g/mol. The molecule has 0 aliphatic heterocycles. The standard InChI is InChI=1S/C67H45NO/c1-5-17-46(18-6-1)48-35-39-54(40-36-48)68(56-43-44-64-62(45-56)59-25-13-14-30-63(59)67(64,52-21-9-3-10-22-52)53-23-11-4-12-24-53)55-41-37-49(38-42-55)47-31-33-51(34-32-47)58-27-16-29-61-60-28-15-26-57(65(60)69-66(58)61)50-19-7-2-8-20-50/h1-45H. The van der Waals surface area contributed by atoms with Crippen molar-refractivity contribution in [2.45, 2.75) is 5.41 Å². The van der Waals surface area contributed by atoms with Gasteiger partial charge in [-0.3, -0.25) is 0 Å². The monoisotopic (exact) mass is 879 g/mol. The third-order valence-electron chi connectivity index (χ3n) is 14.2. The molecule has 0 unspecified atom stereocenters. The lowest BCUT2D eigenvalue weighted by Gasteiger charge is -2.34. The first-order chi connectivity index (χ1) is 34.2. The molecule has 0 saturated heterocycles. The molecule has 0 saturated carbocycles. The Bertz CT molecular complexity index is 3740. The molecule has 69 heavy (non-hydrogen) atoms. The molecule has 1 aromatic heterocycles. The van der Waals surface area contributed by atoms with Crippen LogP contribution in [-0.2, 0) is 5.41 Å². The van der Waals surface area contributed by atoms with E-state index in [0.29, 0.717) is 0 Å². The number of para-hydroxylation sites is 2. The third-order valence-corrected chi connectivity index (χ3v) is 14.2. The topological polar surface area (TPSA) is 16.4 Å². The number of anilines is 3. The molecule has 0 radical (unpaired) electrons. The summed E-state index contributed by atoms with van der Waals surface area (Å²) in [5, 5.41) is 2.25. The normalized spacial score (nSPS) is 12.5. The quantitative estimate of drug-likeness (QED) is 0.144. The van der Waals surface area contributed by atoms with Gasteiger partial charge in [-0.2, -0.15) is 0 Å².